The summed E-state index contributed by atoms with van der Waals surface area (Å²) in [4.78, 5) is 30.7. The summed E-state index contributed by atoms with van der Waals surface area (Å²) < 4.78 is 5.33. The average Bonchev–Trinajstić information content (AvgIpc) is 2.89. The Morgan fingerprint density at radius 1 is 1.09 bits per heavy atom. The smallest absolute Gasteiger partial charge is 0.307 e. The van der Waals surface area contributed by atoms with Crippen molar-refractivity contribution in [2.45, 2.75) is 51.7 Å². The molecule has 2 heterocycles. The summed E-state index contributed by atoms with van der Waals surface area (Å²) in [6, 6.07) is 0.0725. The summed E-state index contributed by atoms with van der Waals surface area (Å²) in [5.41, 5.74) is -0.421. The van der Waals surface area contributed by atoms with Gasteiger partial charge in [-0.1, -0.05) is 0 Å². The van der Waals surface area contributed by atoms with Crippen molar-refractivity contribution in [3.05, 3.63) is 0 Å². The summed E-state index contributed by atoms with van der Waals surface area (Å²) in [5.74, 6) is 0.125. The fourth-order valence-corrected chi connectivity index (χ4v) is 3.27. The Kier molecular flexibility index (Phi) is 6.03. The van der Waals surface area contributed by atoms with E-state index in [4.69, 9.17) is 4.74 Å². The van der Waals surface area contributed by atoms with Gasteiger partial charge in [0.25, 0.3) is 0 Å². The SMILES string of the molecule is CN1CCC[C@@H]1C(=O)N1CCN(CCC(=O)OC(C)(C)C)CC1. The number of hydrogen-bond acceptors (Lipinski definition) is 5. The first-order chi connectivity index (χ1) is 10.8. The lowest BCUT2D eigenvalue weighted by Gasteiger charge is -2.36. The fraction of sp³-hybridized carbons (Fsp3) is 0.882. The number of piperazine rings is 1. The molecule has 0 aromatic carbocycles. The number of likely N-dealkylation sites (N-methyl/N-ethyl adjacent to an activating group) is 1. The van der Waals surface area contributed by atoms with Gasteiger partial charge in [0.15, 0.2) is 0 Å². The molecule has 2 rings (SSSR count). The highest BCUT2D eigenvalue weighted by Gasteiger charge is 2.32. The first-order valence-corrected chi connectivity index (χ1v) is 8.69. The Labute approximate surface area is 139 Å². The van der Waals surface area contributed by atoms with Crippen molar-refractivity contribution in [1.82, 2.24) is 14.7 Å². The first kappa shape index (κ1) is 18.2. The summed E-state index contributed by atoms with van der Waals surface area (Å²) in [6.45, 7) is 10.6. The number of nitrogens with zero attached hydrogens (tertiary/aromatic N) is 3. The molecule has 0 N–H and O–H groups in total. The van der Waals surface area contributed by atoms with Crippen LogP contribution in [0.15, 0.2) is 0 Å². The van der Waals surface area contributed by atoms with E-state index in [1.54, 1.807) is 0 Å². The van der Waals surface area contributed by atoms with Crippen LogP contribution in [0, 0.1) is 0 Å². The van der Waals surface area contributed by atoms with Crippen LogP contribution in [0.1, 0.15) is 40.0 Å². The van der Waals surface area contributed by atoms with E-state index in [0.717, 1.165) is 45.6 Å². The third kappa shape index (κ3) is 5.46. The summed E-state index contributed by atoms with van der Waals surface area (Å²) in [5, 5.41) is 0. The standard InChI is InChI=1S/C17H31N3O3/c1-17(2,3)23-15(21)7-9-19-10-12-20(13-11-19)16(22)14-6-5-8-18(14)4/h14H,5-13H2,1-4H3/t14-/m1/s1. The molecule has 0 unspecified atom stereocenters. The normalized spacial score (nSPS) is 24.0. The van der Waals surface area contributed by atoms with Gasteiger partial charge >= 0.3 is 5.97 Å². The summed E-state index contributed by atoms with van der Waals surface area (Å²) >= 11 is 0. The number of carbonyl (C=O) groups is 2. The largest absolute Gasteiger partial charge is 0.460 e. The molecule has 6 nitrogen and oxygen atoms in total. The Hall–Kier alpha value is -1.14. The molecule has 0 aliphatic carbocycles. The summed E-state index contributed by atoms with van der Waals surface area (Å²) in [7, 11) is 2.03. The van der Waals surface area contributed by atoms with E-state index in [-0.39, 0.29) is 17.9 Å². The Bertz CT molecular complexity index is 425. The van der Waals surface area contributed by atoms with E-state index in [1.165, 1.54) is 0 Å². The molecule has 2 aliphatic rings. The molecule has 0 saturated carbocycles. The fourth-order valence-electron chi connectivity index (χ4n) is 3.27. The number of carbonyl (C=O) groups excluding carboxylic acids is 2. The first-order valence-electron chi connectivity index (χ1n) is 8.69. The van der Waals surface area contributed by atoms with Gasteiger partial charge in [0.1, 0.15) is 5.60 Å². The van der Waals surface area contributed by atoms with Gasteiger partial charge in [-0.05, 0) is 47.2 Å². The van der Waals surface area contributed by atoms with Crippen LogP contribution in [0.25, 0.3) is 0 Å². The van der Waals surface area contributed by atoms with Crippen LogP contribution in [0.2, 0.25) is 0 Å². The van der Waals surface area contributed by atoms with Crippen LogP contribution < -0.4 is 0 Å². The van der Waals surface area contributed by atoms with Crippen molar-refractivity contribution >= 4 is 11.9 Å². The molecule has 132 valence electrons. The molecule has 2 saturated heterocycles. The van der Waals surface area contributed by atoms with Crippen LogP contribution in [0.4, 0.5) is 0 Å². The lowest BCUT2D eigenvalue weighted by Crippen LogP contribution is -2.53. The highest BCUT2D eigenvalue weighted by atomic mass is 16.6. The monoisotopic (exact) mass is 325 g/mol. The van der Waals surface area contributed by atoms with Gasteiger partial charge in [-0.15, -0.1) is 0 Å². The minimum absolute atomic E-state index is 0.0725. The number of ether oxygens (including phenoxy) is 1. The maximum absolute atomic E-state index is 12.5. The zero-order chi connectivity index (χ0) is 17.0. The van der Waals surface area contributed by atoms with Crippen molar-refractivity contribution < 1.29 is 14.3 Å². The molecule has 1 atom stereocenters. The van der Waals surface area contributed by atoms with E-state index in [1.807, 2.05) is 32.7 Å². The predicted molar refractivity (Wildman–Crippen MR) is 89.1 cm³/mol. The number of esters is 1. The zero-order valence-electron chi connectivity index (χ0n) is 15.0. The molecule has 0 aromatic heterocycles. The van der Waals surface area contributed by atoms with E-state index >= 15 is 0 Å². The maximum atomic E-state index is 12.5. The molecule has 2 aliphatic heterocycles. The van der Waals surface area contributed by atoms with Crippen molar-refractivity contribution in [1.29, 1.82) is 0 Å². The van der Waals surface area contributed by atoms with Gasteiger partial charge < -0.3 is 9.64 Å². The Morgan fingerprint density at radius 2 is 1.74 bits per heavy atom. The van der Waals surface area contributed by atoms with E-state index in [0.29, 0.717) is 13.0 Å². The van der Waals surface area contributed by atoms with Crippen molar-refractivity contribution in [3.8, 4) is 0 Å². The van der Waals surface area contributed by atoms with Crippen LogP contribution in [-0.4, -0.2) is 84.5 Å². The maximum Gasteiger partial charge on any atom is 0.307 e. The Balaban J connectivity index is 1.69. The lowest BCUT2D eigenvalue weighted by atomic mass is 10.1. The quantitative estimate of drug-likeness (QED) is 0.721. The molecule has 2 fully saturated rings. The van der Waals surface area contributed by atoms with Crippen molar-refractivity contribution in [3.63, 3.8) is 0 Å². The summed E-state index contributed by atoms with van der Waals surface area (Å²) in [6.07, 6.45) is 2.51. The number of hydrogen-bond donors (Lipinski definition) is 0. The number of amides is 1. The van der Waals surface area contributed by atoms with Crippen LogP contribution in [0.5, 0.6) is 0 Å². The van der Waals surface area contributed by atoms with Gasteiger partial charge in [0.05, 0.1) is 12.5 Å². The predicted octanol–water partition coefficient (Wildman–Crippen LogP) is 0.957. The second-order valence-electron chi connectivity index (χ2n) is 7.64. The molecule has 0 aromatic rings. The Morgan fingerprint density at radius 3 is 2.26 bits per heavy atom. The molecule has 1 amide bonds. The van der Waals surface area contributed by atoms with Crippen LogP contribution >= 0.6 is 0 Å². The minimum Gasteiger partial charge on any atom is -0.460 e. The molecular formula is C17H31N3O3. The number of likely N-dealkylation sites (tertiary alicyclic amines) is 1. The highest BCUT2D eigenvalue weighted by molar-refractivity contribution is 5.82. The molecule has 0 radical (unpaired) electrons. The molecule has 0 spiro atoms. The van der Waals surface area contributed by atoms with Gasteiger partial charge in [-0.25, -0.2) is 0 Å². The van der Waals surface area contributed by atoms with E-state index in [2.05, 4.69) is 9.80 Å². The second-order valence-corrected chi connectivity index (χ2v) is 7.64. The molecule has 23 heavy (non-hydrogen) atoms. The van der Waals surface area contributed by atoms with Gasteiger partial charge in [0.2, 0.25) is 5.91 Å². The second kappa shape index (κ2) is 7.62. The van der Waals surface area contributed by atoms with Crippen molar-refractivity contribution in [2.24, 2.45) is 0 Å². The zero-order valence-corrected chi connectivity index (χ0v) is 15.0. The molecule has 0 bridgehead atoms. The highest BCUT2D eigenvalue weighted by Crippen LogP contribution is 2.18. The number of rotatable bonds is 4. The third-order valence-electron chi connectivity index (χ3n) is 4.54. The molecule has 6 heteroatoms. The van der Waals surface area contributed by atoms with Crippen LogP contribution in [-0.2, 0) is 14.3 Å². The minimum atomic E-state index is -0.421. The lowest BCUT2D eigenvalue weighted by molar-refractivity contribution is -0.155. The van der Waals surface area contributed by atoms with E-state index in [9.17, 15) is 9.59 Å². The topological polar surface area (TPSA) is 53.1 Å². The van der Waals surface area contributed by atoms with Gasteiger partial charge in [0, 0.05) is 32.7 Å². The van der Waals surface area contributed by atoms with Crippen molar-refractivity contribution in [2.75, 3.05) is 46.3 Å². The van der Waals surface area contributed by atoms with E-state index < -0.39 is 5.60 Å². The van der Waals surface area contributed by atoms with Gasteiger partial charge in [-0.3, -0.25) is 19.4 Å². The third-order valence-corrected chi connectivity index (χ3v) is 4.54. The average molecular weight is 325 g/mol. The van der Waals surface area contributed by atoms with Gasteiger partial charge in [-0.2, -0.15) is 0 Å². The van der Waals surface area contributed by atoms with Crippen LogP contribution in [0.3, 0.4) is 0 Å². The molecular weight excluding hydrogens is 294 g/mol.